The molecule has 2 atom stereocenters. The fourth-order valence-corrected chi connectivity index (χ4v) is 4.88. The summed E-state index contributed by atoms with van der Waals surface area (Å²) in [6.45, 7) is 0. The standard InChI is InChI=1S/C24H19N3OS2/c29-24-26-22(20-9-4-5-15-25-20)23(21-10-6-16-30-21)27(24)17-11-13-19(14-12-17)28-18-7-2-1-3-8-18/h1-16,22-23H,(H,26,29)/t22-,23+/m1/s1. The maximum absolute atomic E-state index is 5.94. The molecule has 1 N–H and O–H groups in total. The van der Waals surface area contributed by atoms with E-state index < -0.39 is 0 Å². The molecule has 148 valence electrons. The van der Waals surface area contributed by atoms with E-state index in [-0.39, 0.29) is 12.1 Å². The van der Waals surface area contributed by atoms with Crippen molar-refractivity contribution in [3.05, 3.63) is 107 Å². The molecule has 0 spiro atoms. The highest BCUT2D eigenvalue weighted by atomic mass is 32.1. The average Bonchev–Trinajstić information content (AvgIpc) is 3.43. The molecule has 1 fully saturated rings. The Morgan fingerprint density at radius 1 is 0.867 bits per heavy atom. The highest BCUT2D eigenvalue weighted by molar-refractivity contribution is 7.80. The maximum atomic E-state index is 5.94. The molecule has 2 aromatic carbocycles. The van der Waals surface area contributed by atoms with Gasteiger partial charge in [-0.2, -0.15) is 0 Å². The third-order valence-corrected chi connectivity index (χ3v) is 6.28. The summed E-state index contributed by atoms with van der Waals surface area (Å²) in [6.07, 6.45) is 1.82. The number of nitrogens with one attached hydrogen (secondary N) is 1. The van der Waals surface area contributed by atoms with Crippen molar-refractivity contribution < 1.29 is 4.74 Å². The van der Waals surface area contributed by atoms with Crippen LogP contribution in [0.4, 0.5) is 5.69 Å². The van der Waals surface area contributed by atoms with Crippen molar-refractivity contribution in [2.24, 2.45) is 0 Å². The quantitative estimate of drug-likeness (QED) is 0.387. The number of hydrogen-bond donors (Lipinski definition) is 1. The summed E-state index contributed by atoms with van der Waals surface area (Å²) in [7, 11) is 0. The van der Waals surface area contributed by atoms with E-state index in [1.807, 2.05) is 79.0 Å². The molecule has 0 aliphatic carbocycles. The first kappa shape index (κ1) is 18.8. The molecule has 0 amide bonds. The molecule has 30 heavy (non-hydrogen) atoms. The van der Waals surface area contributed by atoms with Gasteiger partial charge in [-0.1, -0.05) is 30.3 Å². The van der Waals surface area contributed by atoms with E-state index in [0.29, 0.717) is 5.11 Å². The maximum Gasteiger partial charge on any atom is 0.174 e. The number of para-hydroxylation sites is 1. The van der Waals surface area contributed by atoms with Crippen LogP contribution in [-0.4, -0.2) is 10.1 Å². The smallest absolute Gasteiger partial charge is 0.174 e. The van der Waals surface area contributed by atoms with Gasteiger partial charge in [0.25, 0.3) is 0 Å². The molecule has 5 rings (SSSR count). The number of anilines is 1. The average molecular weight is 430 g/mol. The van der Waals surface area contributed by atoms with Gasteiger partial charge in [-0.05, 0) is 72.2 Å². The van der Waals surface area contributed by atoms with Crippen LogP contribution in [0.3, 0.4) is 0 Å². The van der Waals surface area contributed by atoms with Crippen molar-refractivity contribution in [2.75, 3.05) is 4.90 Å². The van der Waals surface area contributed by atoms with Crippen molar-refractivity contribution in [3.8, 4) is 11.5 Å². The summed E-state index contributed by atoms with van der Waals surface area (Å²) in [5.74, 6) is 1.60. The molecule has 0 radical (unpaired) electrons. The van der Waals surface area contributed by atoms with Gasteiger partial charge in [0.05, 0.1) is 17.8 Å². The SMILES string of the molecule is S=C1N[C@H](c2ccccn2)[C@H](c2cccs2)N1c1ccc(Oc2ccccc2)cc1. The predicted molar refractivity (Wildman–Crippen MR) is 125 cm³/mol. The molecule has 1 saturated heterocycles. The minimum atomic E-state index is -0.0161. The minimum Gasteiger partial charge on any atom is -0.457 e. The third-order valence-electron chi connectivity index (χ3n) is 5.03. The summed E-state index contributed by atoms with van der Waals surface area (Å²) < 4.78 is 5.94. The summed E-state index contributed by atoms with van der Waals surface area (Å²) in [5, 5.41) is 6.28. The third kappa shape index (κ3) is 3.67. The Hall–Kier alpha value is -3.22. The van der Waals surface area contributed by atoms with E-state index >= 15 is 0 Å². The number of ether oxygens (including phenoxy) is 1. The Labute approximate surface area is 184 Å². The van der Waals surface area contributed by atoms with Gasteiger partial charge in [0, 0.05) is 16.8 Å². The molecule has 2 aromatic heterocycles. The van der Waals surface area contributed by atoms with Gasteiger partial charge >= 0.3 is 0 Å². The van der Waals surface area contributed by atoms with E-state index in [0.717, 1.165) is 22.9 Å². The van der Waals surface area contributed by atoms with Crippen LogP contribution >= 0.6 is 23.6 Å². The van der Waals surface area contributed by atoms with Gasteiger partial charge in [-0.25, -0.2) is 0 Å². The highest BCUT2D eigenvalue weighted by Crippen LogP contribution is 2.43. The zero-order valence-corrected chi connectivity index (χ0v) is 17.6. The van der Waals surface area contributed by atoms with Crippen LogP contribution in [0.15, 0.2) is 96.5 Å². The number of aromatic nitrogens is 1. The number of thiocarbonyl (C=S) groups is 1. The molecule has 3 heterocycles. The predicted octanol–water partition coefficient (Wildman–Crippen LogP) is 6.11. The summed E-state index contributed by atoms with van der Waals surface area (Å²) in [5.41, 5.74) is 1.99. The molecule has 0 unspecified atom stereocenters. The number of hydrogen-bond acceptors (Lipinski definition) is 4. The highest BCUT2D eigenvalue weighted by Gasteiger charge is 2.41. The summed E-state index contributed by atoms with van der Waals surface area (Å²) in [4.78, 5) is 7.99. The van der Waals surface area contributed by atoms with E-state index in [4.69, 9.17) is 17.0 Å². The molecular weight excluding hydrogens is 410 g/mol. The second kappa shape index (κ2) is 8.26. The van der Waals surface area contributed by atoms with E-state index in [2.05, 4.69) is 32.7 Å². The van der Waals surface area contributed by atoms with Gasteiger partial charge in [0.2, 0.25) is 0 Å². The van der Waals surface area contributed by atoms with Crippen molar-refractivity contribution in [1.29, 1.82) is 0 Å². The van der Waals surface area contributed by atoms with Gasteiger partial charge in [-0.3, -0.25) is 4.98 Å². The van der Waals surface area contributed by atoms with Gasteiger partial charge in [0.15, 0.2) is 5.11 Å². The topological polar surface area (TPSA) is 37.4 Å². The number of thiophene rings is 1. The Balaban J connectivity index is 1.47. The second-order valence-electron chi connectivity index (χ2n) is 6.92. The monoisotopic (exact) mass is 429 g/mol. The van der Waals surface area contributed by atoms with Crippen LogP contribution in [0.1, 0.15) is 22.7 Å². The van der Waals surface area contributed by atoms with Crippen molar-refractivity contribution in [2.45, 2.75) is 12.1 Å². The lowest BCUT2D eigenvalue weighted by Crippen LogP contribution is -2.28. The van der Waals surface area contributed by atoms with Gasteiger partial charge < -0.3 is 15.0 Å². The lowest BCUT2D eigenvalue weighted by molar-refractivity contribution is 0.482. The van der Waals surface area contributed by atoms with Crippen LogP contribution in [-0.2, 0) is 0 Å². The van der Waals surface area contributed by atoms with Gasteiger partial charge in [0.1, 0.15) is 11.5 Å². The van der Waals surface area contributed by atoms with Crippen LogP contribution in [0, 0.1) is 0 Å². The molecule has 0 saturated carbocycles. The molecule has 1 aliphatic heterocycles. The van der Waals surface area contributed by atoms with E-state index in [9.17, 15) is 0 Å². The Bertz CT molecular complexity index is 1120. The van der Waals surface area contributed by atoms with Crippen LogP contribution in [0.5, 0.6) is 11.5 Å². The fraction of sp³-hybridized carbons (Fsp3) is 0.0833. The molecule has 1 aliphatic rings. The number of rotatable bonds is 5. The fourth-order valence-electron chi connectivity index (χ4n) is 3.68. The Morgan fingerprint density at radius 2 is 1.63 bits per heavy atom. The molecule has 0 bridgehead atoms. The molecular formula is C24H19N3OS2. The first-order valence-electron chi connectivity index (χ1n) is 9.66. The Kier molecular flexibility index (Phi) is 5.17. The van der Waals surface area contributed by atoms with E-state index in [1.165, 1.54) is 4.88 Å². The van der Waals surface area contributed by atoms with Crippen molar-refractivity contribution in [3.63, 3.8) is 0 Å². The van der Waals surface area contributed by atoms with Crippen molar-refractivity contribution in [1.82, 2.24) is 10.3 Å². The van der Waals surface area contributed by atoms with Crippen LogP contribution in [0.25, 0.3) is 0 Å². The molecule has 4 aromatic rings. The lowest BCUT2D eigenvalue weighted by Gasteiger charge is -2.27. The summed E-state index contributed by atoms with van der Waals surface area (Å²) >= 11 is 7.48. The van der Waals surface area contributed by atoms with Crippen LogP contribution in [0.2, 0.25) is 0 Å². The Morgan fingerprint density at radius 3 is 2.33 bits per heavy atom. The normalized spacial score (nSPS) is 18.3. The van der Waals surface area contributed by atoms with Gasteiger partial charge in [-0.15, -0.1) is 11.3 Å². The number of nitrogens with zero attached hydrogens (tertiary/aromatic N) is 2. The number of benzene rings is 2. The lowest BCUT2D eigenvalue weighted by atomic mass is 10.0. The van der Waals surface area contributed by atoms with Crippen molar-refractivity contribution >= 4 is 34.4 Å². The largest absolute Gasteiger partial charge is 0.457 e. The zero-order valence-electron chi connectivity index (χ0n) is 16.0. The first-order valence-corrected chi connectivity index (χ1v) is 11.0. The van der Waals surface area contributed by atoms with E-state index in [1.54, 1.807) is 11.3 Å². The summed E-state index contributed by atoms with van der Waals surface area (Å²) in [6, 6.07) is 28.1. The molecule has 4 nitrogen and oxygen atoms in total. The first-order chi connectivity index (χ1) is 14.8. The van der Waals surface area contributed by atoms with Crippen LogP contribution < -0.4 is 15.0 Å². The minimum absolute atomic E-state index is 0.0161. The molecule has 6 heteroatoms. The second-order valence-corrected chi connectivity index (χ2v) is 8.29. The number of pyridine rings is 1. The zero-order chi connectivity index (χ0) is 20.3.